The molecule has 6 aromatic rings. The van der Waals surface area contributed by atoms with E-state index in [0.717, 1.165) is 44.4 Å². The largest absolute Gasteiger partial charge is 0.392 e. The van der Waals surface area contributed by atoms with Crippen molar-refractivity contribution in [1.29, 1.82) is 0 Å². The molecule has 1 N–H and O–H groups in total. The van der Waals surface area contributed by atoms with Gasteiger partial charge in [0, 0.05) is 11.5 Å². The van der Waals surface area contributed by atoms with Crippen molar-refractivity contribution in [2.45, 2.75) is 45.1 Å². The lowest BCUT2D eigenvalue weighted by molar-refractivity contribution is -0.276. The van der Waals surface area contributed by atoms with Crippen molar-refractivity contribution in [2.75, 3.05) is 0 Å². The molecule has 2 aliphatic heterocycles. The number of para-hydroxylation sites is 2. The number of aliphatic hydroxyl groups excluding tert-OH is 1. The van der Waals surface area contributed by atoms with E-state index >= 15 is 0 Å². The Kier molecular flexibility index (Phi) is 8.13. The lowest BCUT2D eigenvalue weighted by atomic mass is 9.90. The third-order valence-corrected chi connectivity index (χ3v) is 9.75. The summed E-state index contributed by atoms with van der Waals surface area (Å²) in [4.78, 5) is 32.1. The zero-order valence-corrected chi connectivity index (χ0v) is 27.0. The van der Waals surface area contributed by atoms with Crippen molar-refractivity contribution >= 4 is 22.8 Å². The Bertz CT molecular complexity index is 2120. The normalized spacial score (nSPS) is 20.6. The first-order chi connectivity index (χ1) is 24.0. The fourth-order valence-corrected chi connectivity index (χ4v) is 6.99. The number of benzene rings is 5. The molecule has 2 aliphatic rings. The van der Waals surface area contributed by atoms with Crippen molar-refractivity contribution in [2.24, 2.45) is 5.92 Å². The molecule has 5 aromatic carbocycles. The van der Waals surface area contributed by atoms with Crippen LogP contribution in [0.15, 0.2) is 128 Å². The molecule has 49 heavy (non-hydrogen) atoms. The summed E-state index contributed by atoms with van der Waals surface area (Å²) in [7, 11) is 0. The van der Waals surface area contributed by atoms with Crippen LogP contribution in [-0.4, -0.2) is 37.5 Å². The Balaban J connectivity index is 1.07. The highest BCUT2D eigenvalue weighted by Crippen LogP contribution is 2.43. The number of rotatable bonds is 8. The lowest BCUT2D eigenvalue weighted by Gasteiger charge is -2.41. The summed E-state index contributed by atoms with van der Waals surface area (Å²) in [6, 6.07) is 38.9. The van der Waals surface area contributed by atoms with Crippen LogP contribution in [0.3, 0.4) is 0 Å². The molecule has 4 atom stereocenters. The van der Waals surface area contributed by atoms with E-state index in [1.54, 1.807) is 24.3 Å². The van der Waals surface area contributed by atoms with Gasteiger partial charge in [0.15, 0.2) is 6.29 Å². The number of nitrogens with zero attached hydrogens (tertiary/aromatic N) is 3. The average molecular weight is 650 g/mol. The fraction of sp³-hybridized carbons (Fsp3) is 0.195. The molecule has 8 heteroatoms. The van der Waals surface area contributed by atoms with Crippen molar-refractivity contribution < 1.29 is 24.2 Å². The summed E-state index contributed by atoms with van der Waals surface area (Å²) in [5, 5.41) is 9.61. The summed E-state index contributed by atoms with van der Waals surface area (Å²) in [5.74, 6) is -0.526. The number of imidazole rings is 1. The number of hydrogen-bond acceptors (Lipinski definition) is 6. The third-order valence-electron chi connectivity index (χ3n) is 9.75. The first-order valence-electron chi connectivity index (χ1n) is 16.5. The van der Waals surface area contributed by atoms with Crippen LogP contribution in [-0.2, 0) is 29.2 Å². The predicted molar refractivity (Wildman–Crippen MR) is 185 cm³/mol. The third kappa shape index (κ3) is 5.74. The molecule has 2 amide bonds. The Labute approximate surface area is 284 Å². The molecule has 244 valence electrons. The Morgan fingerprint density at radius 1 is 0.714 bits per heavy atom. The number of carbonyl (C=O) groups is 2. The minimum atomic E-state index is -0.624. The number of aromatic nitrogens is 2. The van der Waals surface area contributed by atoms with Crippen LogP contribution in [0.4, 0.5) is 0 Å². The van der Waals surface area contributed by atoms with Gasteiger partial charge in [0.2, 0.25) is 0 Å². The Morgan fingerprint density at radius 2 is 1.35 bits per heavy atom. The van der Waals surface area contributed by atoms with Crippen LogP contribution < -0.4 is 0 Å². The van der Waals surface area contributed by atoms with Gasteiger partial charge in [-0.05, 0) is 52.1 Å². The molecule has 1 saturated heterocycles. The van der Waals surface area contributed by atoms with Crippen LogP contribution in [0.1, 0.15) is 62.3 Å². The maximum Gasteiger partial charge on any atom is 0.261 e. The van der Waals surface area contributed by atoms with Crippen LogP contribution >= 0.6 is 0 Å². The zero-order chi connectivity index (χ0) is 33.5. The zero-order valence-electron chi connectivity index (χ0n) is 27.0. The van der Waals surface area contributed by atoms with E-state index in [4.69, 9.17) is 9.47 Å². The van der Waals surface area contributed by atoms with Crippen LogP contribution in [0, 0.1) is 5.92 Å². The second kappa shape index (κ2) is 12.9. The molecule has 3 heterocycles. The standard InChI is InChI=1S/C41H35N3O5/c1-26-37(23-43-25-42-35-12-6-7-13-36(35)43)48-41(49-38(26)29-16-14-27(24-45)15-17-29)30-20-18-28(19-21-30)32-9-3-2-8-31(32)22-44-39(46)33-10-4-5-11-34(33)40(44)47/h2-21,25-26,37-38,41,45H,22-24H2,1H3. The molecule has 4 unspecified atom stereocenters. The van der Waals surface area contributed by atoms with E-state index in [1.165, 1.54) is 4.90 Å². The van der Waals surface area contributed by atoms with Gasteiger partial charge in [-0.1, -0.05) is 104 Å². The smallest absolute Gasteiger partial charge is 0.261 e. The van der Waals surface area contributed by atoms with Gasteiger partial charge in [0.05, 0.1) is 60.4 Å². The molecule has 8 rings (SSSR count). The summed E-state index contributed by atoms with van der Waals surface area (Å²) >= 11 is 0. The molecule has 0 saturated carbocycles. The molecular weight excluding hydrogens is 614 g/mol. The monoisotopic (exact) mass is 649 g/mol. The van der Waals surface area contributed by atoms with Crippen molar-refractivity contribution in [3.8, 4) is 11.1 Å². The van der Waals surface area contributed by atoms with E-state index in [9.17, 15) is 14.7 Å². The molecule has 1 aromatic heterocycles. The molecule has 0 aliphatic carbocycles. The molecule has 1 fully saturated rings. The highest BCUT2D eigenvalue weighted by atomic mass is 16.7. The second-order valence-corrected chi connectivity index (χ2v) is 12.7. The topological polar surface area (TPSA) is 93.9 Å². The Morgan fingerprint density at radius 3 is 2.06 bits per heavy atom. The van der Waals surface area contributed by atoms with Gasteiger partial charge >= 0.3 is 0 Å². The number of ether oxygens (including phenoxy) is 2. The number of fused-ring (bicyclic) bond motifs is 2. The van der Waals surface area contributed by atoms with E-state index in [-0.39, 0.29) is 43.1 Å². The molecular formula is C41H35N3O5. The van der Waals surface area contributed by atoms with Gasteiger partial charge in [-0.15, -0.1) is 0 Å². The lowest BCUT2D eigenvalue weighted by Crippen LogP contribution is -2.39. The predicted octanol–water partition coefficient (Wildman–Crippen LogP) is 7.48. The van der Waals surface area contributed by atoms with Crippen molar-refractivity contribution in [1.82, 2.24) is 14.5 Å². The van der Waals surface area contributed by atoms with Gasteiger partial charge in [-0.3, -0.25) is 14.5 Å². The summed E-state index contributed by atoms with van der Waals surface area (Å²) in [5.41, 5.74) is 8.40. The number of carbonyl (C=O) groups excluding carboxylic acids is 2. The maximum atomic E-state index is 13.1. The molecule has 0 bridgehead atoms. The average Bonchev–Trinajstić information content (AvgIpc) is 3.67. The number of amides is 2. The highest BCUT2D eigenvalue weighted by molar-refractivity contribution is 6.21. The Hall–Kier alpha value is -5.41. The number of imide groups is 1. The van der Waals surface area contributed by atoms with Crippen molar-refractivity contribution in [3.05, 3.63) is 161 Å². The first-order valence-corrected chi connectivity index (χ1v) is 16.5. The van der Waals surface area contributed by atoms with Gasteiger partial charge < -0.3 is 19.1 Å². The fourth-order valence-electron chi connectivity index (χ4n) is 6.99. The number of aliphatic hydroxyl groups is 1. The highest BCUT2D eigenvalue weighted by Gasteiger charge is 2.39. The molecule has 8 nitrogen and oxygen atoms in total. The van der Waals surface area contributed by atoms with E-state index < -0.39 is 6.29 Å². The maximum absolute atomic E-state index is 13.1. The van der Waals surface area contributed by atoms with E-state index in [1.807, 2.05) is 97.3 Å². The van der Waals surface area contributed by atoms with Crippen LogP contribution in [0.25, 0.3) is 22.2 Å². The van der Waals surface area contributed by atoms with Gasteiger partial charge in [0.25, 0.3) is 11.8 Å². The van der Waals surface area contributed by atoms with Gasteiger partial charge in [-0.2, -0.15) is 0 Å². The summed E-state index contributed by atoms with van der Waals surface area (Å²) in [6.07, 6.45) is 0.816. The molecule has 0 spiro atoms. The SMILES string of the molecule is CC1C(Cn2cnc3ccccc32)OC(c2ccc(-c3ccccc3CN3C(=O)c4ccccc4C3=O)cc2)OC1c1ccc(CO)cc1. The molecule has 0 radical (unpaired) electrons. The van der Waals surface area contributed by atoms with Crippen LogP contribution in [0.5, 0.6) is 0 Å². The minimum absolute atomic E-state index is 0.0167. The van der Waals surface area contributed by atoms with E-state index in [2.05, 4.69) is 22.5 Å². The van der Waals surface area contributed by atoms with Crippen molar-refractivity contribution in [3.63, 3.8) is 0 Å². The van der Waals surface area contributed by atoms with Crippen LogP contribution in [0.2, 0.25) is 0 Å². The van der Waals surface area contributed by atoms with Gasteiger partial charge in [-0.25, -0.2) is 4.98 Å². The quantitative estimate of drug-likeness (QED) is 0.172. The first kappa shape index (κ1) is 30.9. The summed E-state index contributed by atoms with van der Waals surface area (Å²) in [6.45, 7) is 2.92. The summed E-state index contributed by atoms with van der Waals surface area (Å²) < 4.78 is 15.6. The van der Waals surface area contributed by atoms with E-state index in [0.29, 0.717) is 17.7 Å². The second-order valence-electron chi connectivity index (χ2n) is 12.7. The number of hydrogen-bond donors (Lipinski definition) is 1. The van der Waals surface area contributed by atoms with Gasteiger partial charge in [0.1, 0.15) is 0 Å². The minimum Gasteiger partial charge on any atom is -0.392 e.